The highest BCUT2D eigenvalue weighted by Gasteiger charge is 2.54. The van der Waals surface area contributed by atoms with Crippen LogP contribution in [0.4, 0.5) is 5.69 Å². The summed E-state index contributed by atoms with van der Waals surface area (Å²) in [5.74, 6) is 0.399. The molecule has 2 aromatic carbocycles. The fraction of sp³-hybridized carbons (Fsp3) is 0.478. The average Bonchev–Trinajstić information content (AvgIpc) is 3.03. The third-order valence-electron chi connectivity index (χ3n) is 7.09. The van der Waals surface area contributed by atoms with Crippen LogP contribution in [0.15, 0.2) is 48.5 Å². The van der Waals surface area contributed by atoms with Gasteiger partial charge < -0.3 is 15.9 Å². The van der Waals surface area contributed by atoms with Crippen molar-refractivity contribution >= 4 is 5.69 Å². The number of piperidine rings is 1. The SMILES string of the molecule is Nc1cccc(C2(O)C3CCC2CN(CC2(O)Cc4ccccc4C2)C3)c1. The minimum Gasteiger partial charge on any atom is -0.399 e. The number of fused-ring (bicyclic) bond motifs is 3. The Labute approximate surface area is 160 Å². The summed E-state index contributed by atoms with van der Waals surface area (Å²) in [5, 5.41) is 22.8. The van der Waals surface area contributed by atoms with Crippen molar-refractivity contribution in [2.24, 2.45) is 11.8 Å². The molecule has 142 valence electrons. The smallest absolute Gasteiger partial charge is 0.0977 e. The van der Waals surface area contributed by atoms with Crippen LogP contribution in [0.1, 0.15) is 29.5 Å². The van der Waals surface area contributed by atoms with Gasteiger partial charge in [-0.25, -0.2) is 0 Å². The Bertz CT molecular complexity index is 826. The minimum absolute atomic E-state index is 0.199. The van der Waals surface area contributed by atoms with Crippen molar-refractivity contribution < 1.29 is 10.2 Å². The molecule has 4 nitrogen and oxygen atoms in total. The molecule has 1 saturated carbocycles. The molecule has 2 aliphatic carbocycles. The van der Waals surface area contributed by atoms with Gasteiger partial charge in [0.25, 0.3) is 0 Å². The maximum absolute atomic E-state index is 11.6. The van der Waals surface area contributed by atoms with E-state index in [9.17, 15) is 10.2 Å². The highest BCUT2D eigenvalue weighted by atomic mass is 16.3. The fourth-order valence-corrected chi connectivity index (χ4v) is 5.92. The molecule has 2 aromatic rings. The van der Waals surface area contributed by atoms with Gasteiger partial charge in [-0.1, -0.05) is 36.4 Å². The molecule has 2 atom stereocenters. The zero-order valence-corrected chi connectivity index (χ0v) is 15.6. The lowest BCUT2D eigenvalue weighted by Gasteiger charge is -2.46. The van der Waals surface area contributed by atoms with Crippen LogP contribution in [-0.2, 0) is 18.4 Å². The monoisotopic (exact) mass is 364 g/mol. The molecule has 0 spiro atoms. The molecule has 5 rings (SSSR count). The number of rotatable bonds is 3. The van der Waals surface area contributed by atoms with Gasteiger partial charge >= 0.3 is 0 Å². The molecular formula is C23H28N2O2. The van der Waals surface area contributed by atoms with Gasteiger partial charge in [-0.2, -0.15) is 0 Å². The van der Waals surface area contributed by atoms with E-state index in [2.05, 4.69) is 29.2 Å². The summed E-state index contributed by atoms with van der Waals surface area (Å²) in [5.41, 5.74) is 8.72. The lowest BCUT2D eigenvalue weighted by atomic mass is 9.75. The molecule has 1 saturated heterocycles. The molecule has 1 aliphatic heterocycles. The van der Waals surface area contributed by atoms with Gasteiger partial charge in [0, 0.05) is 50.0 Å². The Morgan fingerprint density at radius 2 is 1.56 bits per heavy atom. The van der Waals surface area contributed by atoms with E-state index in [0.717, 1.165) is 44.3 Å². The molecule has 4 heteroatoms. The maximum atomic E-state index is 11.6. The Kier molecular flexibility index (Phi) is 3.87. The lowest BCUT2D eigenvalue weighted by molar-refractivity contribution is -0.104. The van der Waals surface area contributed by atoms with Crippen LogP contribution in [0.25, 0.3) is 0 Å². The third-order valence-corrected chi connectivity index (χ3v) is 7.09. The normalized spacial score (nSPS) is 31.8. The van der Waals surface area contributed by atoms with Crippen molar-refractivity contribution in [1.82, 2.24) is 4.90 Å². The van der Waals surface area contributed by atoms with E-state index in [1.54, 1.807) is 0 Å². The van der Waals surface area contributed by atoms with Gasteiger partial charge in [-0.3, -0.25) is 4.90 Å². The number of nitrogens with two attached hydrogens (primary N) is 1. The summed E-state index contributed by atoms with van der Waals surface area (Å²) < 4.78 is 0. The van der Waals surface area contributed by atoms with Crippen LogP contribution < -0.4 is 5.73 Å². The van der Waals surface area contributed by atoms with E-state index in [1.165, 1.54) is 11.1 Å². The molecule has 27 heavy (non-hydrogen) atoms. The molecule has 0 radical (unpaired) electrons. The van der Waals surface area contributed by atoms with Gasteiger partial charge in [0.15, 0.2) is 0 Å². The quantitative estimate of drug-likeness (QED) is 0.731. The van der Waals surface area contributed by atoms with Gasteiger partial charge in [-0.05, 0) is 41.7 Å². The van der Waals surface area contributed by atoms with Crippen molar-refractivity contribution in [2.45, 2.75) is 36.9 Å². The second-order valence-electron chi connectivity index (χ2n) is 8.96. The number of hydrogen-bond acceptors (Lipinski definition) is 4. The van der Waals surface area contributed by atoms with Gasteiger partial charge in [0.2, 0.25) is 0 Å². The summed E-state index contributed by atoms with van der Waals surface area (Å²) in [6, 6.07) is 16.1. The minimum atomic E-state index is -0.785. The zero-order chi connectivity index (χ0) is 18.6. The summed E-state index contributed by atoms with van der Waals surface area (Å²) in [4.78, 5) is 2.38. The van der Waals surface area contributed by atoms with Crippen LogP contribution in [0.3, 0.4) is 0 Å². The summed E-state index contributed by atoms with van der Waals surface area (Å²) in [7, 11) is 0. The number of nitrogens with zero attached hydrogens (tertiary/aromatic N) is 1. The Hall–Kier alpha value is -1.88. The van der Waals surface area contributed by atoms with Gasteiger partial charge in [0.1, 0.15) is 0 Å². The molecule has 4 N–H and O–H groups in total. The standard InChI is InChI=1S/C23H28N2O2/c24-21-7-3-6-18(10-21)23(27)19-8-9-20(23)14-25(13-19)15-22(26)11-16-4-1-2-5-17(16)12-22/h1-7,10,19-20,26-27H,8-9,11-15,24H2. The number of aliphatic hydroxyl groups is 2. The Balaban J connectivity index is 1.34. The molecule has 3 aliphatic rings. The predicted octanol–water partition coefficient (Wildman–Crippen LogP) is 2.33. The molecule has 2 bridgehead atoms. The average molecular weight is 364 g/mol. The van der Waals surface area contributed by atoms with Crippen molar-refractivity contribution in [1.29, 1.82) is 0 Å². The first-order valence-corrected chi connectivity index (χ1v) is 10.1. The highest BCUT2D eigenvalue weighted by Crippen LogP contribution is 2.51. The molecule has 2 fully saturated rings. The number of hydrogen-bond donors (Lipinski definition) is 3. The van der Waals surface area contributed by atoms with Gasteiger partial charge in [-0.15, -0.1) is 0 Å². The first-order valence-electron chi connectivity index (χ1n) is 10.1. The molecule has 0 amide bonds. The molecular weight excluding hydrogens is 336 g/mol. The van der Waals surface area contributed by atoms with Crippen LogP contribution in [0.5, 0.6) is 0 Å². The zero-order valence-electron chi connectivity index (χ0n) is 15.6. The lowest BCUT2D eigenvalue weighted by Crippen LogP contribution is -2.55. The maximum Gasteiger partial charge on any atom is 0.0977 e. The number of nitrogen functional groups attached to an aromatic ring is 1. The predicted molar refractivity (Wildman–Crippen MR) is 106 cm³/mol. The second-order valence-corrected chi connectivity index (χ2v) is 8.96. The number of β-amino-alcohol motifs (C(OH)–C–C–N with tert-alkyl or cyclic N) is 1. The topological polar surface area (TPSA) is 69.7 Å². The number of benzene rings is 2. The van der Waals surface area contributed by atoms with E-state index in [4.69, 9.17) is 5.73 Å². The van der Waals surface area contributed by atoms with Crippen LogP contribution >= 0.6 is 0 Å². The fourth-order valence-electron chi connectivity index (χ4n) is 5.92. The first kappa shape index (κ1) is 17.2. The Morgan fingerprint density at radius 3 is 2.15 bits per heavy atom. The van der Waals surface area contributed by atoms with Gasteiger partial charge in [0.05, 0.1) is 11.2 Å². The van der Waals surface area contributed by atoms with Crippen LogP contribution in [0.2, 0.25) is 0 Å². The second kappa shape index (κ2) is 6.06. The van der Waals surface area contributed by atoms with Crippen LogP contribution in [0, 0.1) is 11.8 Å². The summed E-state index contributed by atoms with van der Waals surface area (Å²) >= 11 is 0. The van der Waals surface area contributed by atoms with Crippen LogP contribution in [-0.4, -0.2) is 40.3 Å². The largest absolute Gasteiger partial charge is 0.399 e. The van der Waals surface area contributed by atoms with Crippen molar-refractivity contribution in [3.63, 3.8) is 0 Å². The highest BCUT2D eigenvalue weighted by molar-refractivity contribution is 5.44. The van der Waals surface area contributed by atoms with Crippen molar-refractivity contribution in [3.8, 4) is 0 Å². The molecule has 0 aromatic heterocycles. The van der Waals surface area contributed by atoms with Crippen molar-refractivity contribution in [2.75, 3.05) is 25.4 Å². The number of anilines is 1. The van der Waals surface area contributed by atoms with E-state index in [1.807, 2.05) is 24.3 Å². The number of likely N-dealkylation sites (tertiary alicyclic amines) is 1. The molecule has 1 heterocycles. The summed E-state index contributed by atoms with van der Waals surface area (Å²) in [6.07, 6.45) is 3.53. The van der Waals surface area contributed by atoms with E-state index in [-0.39, 0.29) is 11.8 Å². The van der Waals surface area contributed by atoms with E-state index < -0.39 is 11.2 Å². The summed E-state index contributed by atoms with van der Waals surface area (Å²) in [6.45, 7) is 2.35. The third kappa shape index (κ3) is 2.78. The van der Waals surface area contributed by atoms with Crippen molar-refractivity contribution in [3.05, 3.63) is 65.2 Å². The van der Waals surface area contributed by atoms with E-state index in [0.29, 0.717) is 12.2 Å². The Morgan fingerprint density at radius 1 is 0.926 bits per heavy atom. The molecule has 2 unspecified atom stereocenters. The first-order chi connectivity index (χ1) is 13.0. The van der Waals surface area contributed by atoms with E-state index >= 15 is 0 Å².